The van der Waals surface area contributed by atoms with E-state index in [1.165, 1.54) is 0 Å². The summed E-state index contributed by atoms with van der Waals surface area (Å²) < 4.78 is 5.83. The smallest absolute Gasteiger partial charge is 0.223 e. The van der Waals surface area contributed by atoms with Crippen LogP contribution in [0.2, 0.25) is 5.02 Å². The quantitative estimate of drug-likeness (QED) is 0.633. The van der Waals surface area contributed by atoms with Crippen molar-refractivity contribution in [1.29, 1.82) is 0 Å². The summed E-state index contributed by atoms with van der Waals surface area (Å²) in [6.07, 6.45) is 0.0739. The van der Waals surface area contributed by atoms with Crippen LogP contribution in [0.15, 0.2) is 65.7 Å². The largest absolute Gasteiger partial charge is 0.461 e. The van der Waals surface area contributed by atoms with Gasteiger partial charge in [0, 0.05) is 11.1 Å². The number of ether oxygens (including phenoxy) is 1. The van der Waals surface area contributed by atoms with E-state index in [0.717, 1.165) is 22.6 Å². The first kappa shape index (κ1) is 14.0. The number of aliphatic imine (C=N–C) groups is 1. The molecule has 0 bridgehead atoms. The summed E-state index contributed by atoms with van der Waals surface area (Å²) in [5, 5.41) is 2.62. The van der Waals surface area contributed by atoms with Gasteiger partial charge in [-0.25, -0.2) is 4.99 Å². The SMILES string of the molecule is O=CC1OC(c2cccc3ccccc23)=Nc2c(Cl)cccc21. The first-order valence-corrected chi connectivity index (χ1v) is 7.63. The highest BCUT2D eigenvalue weighted by Crippen LogP contribution is 2.39. The molecular weight excluding hydrogens is 310 g/mol. The predicted octanol–water partition coefficient (Wildman–Crippen LogP) is 4.84. The van der Waals surface area contributed by atoms with E-state index in [-0.39, 0.29) is 0 Å². The zero-order valence-corrected chi connectivity index (χ0v) is 12.8. The molecule has 3 aromatic carbocycles. The first-order chi connectivity index (χ1) is 11.3. The fourth-order valence-corrected chi connectivity index (χ4v) is 3.05. The molecule has 23 heavy (non-hydrogen) atoms. The number of hydrogen-bond acceptors (Lipinski definition) is 3. The zero-order chi connectivity index (χ0) is 15.8. The van der Waals surface area contributed by atoms with Crippen LogP contribution < -0.4 is 0 Å². The summed E-state index contributed by atoms with van der Waals surface area (Å²) in [6, 6.07) is 19.3. The number of carbonyl (C=O) groups excluding carboxylic acids is 1. The predicted molar refractivity (Wildman–Crippen MR) is 91.5 cm³/mol. The minimum Gasteiger partial charge on any atom is -0.461 e. The summed E-state index contributed by atoms with van der Waals surface area (Å²) in [6.45, 7) is 0. The standard InChI is InChI=1S/C19H12ClNO2/c20-16-10-4-9-15-17(11-22)23-19(21-18(15)16)14-8-3-6-12-5-1-2-7-13(12)14/h1-11,17H. The van der Waals surface area contributed by atoms with E-state index in [2.05, 4.69) is 4.99 Å². The van der Waals surface area contributed by atoms with Crippen LogP contribution in [0.25, 0.3) is 10.8 Å². The Hall–Kier alpha value is -2.65. The van der Waals surface area contributed by atoms with Gasteiger partial charge in [0.2, 0.25) is 5.90 Å². The van der Waals surface area contributed by atoms with E-state index in [1.807, 2.05) is 48.5 Å². The number of nitrogens with zero attached hydrogens (tertiary/aromatic N) is 1. The van der Waals surface area contributed by atoms with E-state index < -0.39 is 6.10 Å². The van der Waals surface area contributed by atoms with Gasteiger partial charge in [-0.05, 0) is 22.9 Å². The van der Waals surface area contributed by atoms with Gasteiger partial charge in [0.1, 0.15) is 0 Å². The van der Waals surface area contributed by atoms with Gasteiger partial charge in [0.25, 0.3) is 0 Å². The molecule has 0 radical (unpaired) electrons. The van der Waals surface area contributed by atoms with Gasteiger partial charge >= 0.3 is 0 Å². The van der Waals surface area contributed by atoms with Gasteiger partial charge < -0.3 is 4.74 Å². The molecule has 0 spiro atoms. The molecule has 0 aromatic heterocycles. The molecule has 1 atom stereocenters. The Morgan fingerprint density at radius 2 is 1.78 bits per heavy atom. The molecule has 1 aliphatic heterocycles. The Morgan fingerprint density at radius 1 is 1.00 bits per heavy atom. The maximum absolute atomic E-state index is 11.5. The van der Waals surface area contributed by atoms with E-state index >= 15 is 0 Å². The lowest BCUT2D eigenvalue weighted by Crippen LogP contribution is -2.18. The molecule has 0 saturated heterocycles. The van der Waals surface area contributed by atoms with Crippen molar-refractivity contribution in [3.63, 3.8) is 0 Å². The summed E-state index contributed by atoms with van der Waals surface area (Å²) in [5.74, 6) is 0.416. The van der Waals surface area contributed by atoms with Crippen LogP contribution >= 0.6 is 11.6 Å². The van der Waals surface area contributed by atoms with Gasteiger partial charge in [-0.3, -0.25) is 4.79 Å². The van der Waals surface area contributed by atoms with E-state index in [9.17, 15) is 4.79 Å². The van der Waals surface area contributed by atoms with Crippen LogP contribution in [-0.4, -0.2) is 12.2 Å². The van der Waals surface area contributed by atoms with Gasteiger partial charge in [0.05, 0.1) is 10.7 Å². The van der Waals surface area contributed by atoms with E-state index in [4.69, 9.17) is 16.3 Å². The number of carbonyl (C=O) groups is 1. The van der Waals surface area contributed by atoms with Gasteiger partial charge in [-0.2, -0.15) is 0 Å². The summed E-state index contributed by atoms with van der Waals surface area (Å²) in [4.78, 5) is 16.0. The number of benzene rings is 3. The third kappa shape index (κ3) is 2.30. The molecule has 112 valence electrons. The summed E-state index contributed by atoms with van der Waals surface area (Å²) >= 11 is 6.26. The summed E-state index contributed by atoms with van der Waals surface area (Å²) in [7, 11) is 0. The fourth-order valence-electron chi connectivity index (χ4n) is 2.83. The third-order valence-electron chi connectivity index (χ3n) is 3.92. The van der Waals surface area contributed by atoms with Gasteiger partial charge in [-0.1, -0.05) is 60.1 Å². The van der Waals surface area contributed by atoms with E-state index in [0.29, 0.717) is 22.2 Å². The van der Waals surface area contributed by atoms with E-state index in [1.54, 1.807) is 12.1 Å². The first-order valence-electron chi connectivity index (χ1n) is 7.25. The lowest BCUT2D eigenvalue weighted by atomic mass is 10.0. The molecule has 4 rings (SSSR count). The number of para-hydroxylation sites is 1. The molecule has 1 aliphatic rings. The van der Waals surface area contributed by atoms with Crippen LogP contribution in [-0.2, 0) is 9.53 Å². The third-order valence-corrected chi connectivity index (χ3v) is 4.23. The zero-order valence-electron chi connectivity index (χ0n) is 12.1. The van der Waals surface area contributed by atoms with Crippen molar-refractivity contribution >= 4 is 40.2 Å². The number of fused-ring (bicyclic) bond motifs is 2. The van der Waals surface area contributed by atoms with Crippen molar-refractivity contribution in [3.8, 4) is 0 Å². The fraction of sp³-hybridized carbons (Fsp3) is 0.0526. The second-order valence-corrected chi connectivity index (χ2v) is 5.70. The Bertz CT molecular complexity index is 944. The van der Waals surface area contributed by atoms with Crippen molar-refractivity contribution in [2.24, 2.45) is 4.99 Å². The van der Waals surface area contributed by atoms with Crippen LogP contribution in [0, 0.1) is 0 Å². The minimum atomic E-state index is -0.699. The maximum Gasteiger partial charge on any atom is 0.223 e. The van der Waals surface area contributed by atoms with Crippen LogP contribution in [0.1, 0.15) is 17.2 Å². The van der Waals surface area contributed by atoms with Crippen molar-refractivity contribution in [1.82, 2.24) is 0 Å². The van der Waals surface area contributed by atoms with Crippen molar-refractivity contribution in [2.45, 2.75) is 6.10 Å². The second kappa shape index (κ2) is 5.52. The number of halogens is 1. The molecule has 0 aliphatic carbocycles. The van der Waals surface area contributed by atoms with Crippen LogP contribution in [0.4, 0.5) is 5.69 Å². The molecule has 0 saturated carbocycles. The van der Waals surface area contributed by atoms with Gasteiger partial charge in [-0.15, -0.1) is 0 Å². The second-order valence-electron chi connectivity index (χ2n) is 5.30. The van der Waals surface area contributed by atoms with Crippen molar-refractivity contribution < 1.29 is 9.53 Å². The molecule has 4 heteroatoms. The Morgan fingerprint density at radius 3 is 2.65 bits per heavy atom. The topological polar surface area (TPSA) is 38.7 Å². The molecule has 3 nitrogen and oxygen atoms in total. The lowest BCUT2D eigenvalue weighted by Gasteiger charge is -2.23. The number of hydrogen-bond donors (Lipinski definition) is 0. The highest BCUT2D eigenvalue weighted by Gasteiger charge is 2.26. The number of rotatable bonds is 2. The molecule has 0 N–H and O–H groups in total. The highest BCUT2D eigenvalue weighted by molar-refractivity contribution is 6.33. The van der Waals surface area contributed by atoms with Gasteiger partial charge in [0.15, 0.2) is 12.4 Å². The summed E-state index contributed by atoms with van der Waals surface area (Å²) in [5.41, 5.74) is 2.14. The molecule has 0 amide bonds. The Labute approximate surface area is 138 Å². The molecule has 1 heterocycles. The number of aldehydes is 1. The normalized spacial score (nSPS) is 16.4. The Kier molecular flexibility index (Phi) is 3.36. The van der Waals surface area contributed by atoms with Crippen molar-refractivity contribution in [3.05, 3.63) is 76.8 Å². The van der Waals surface area contributed by atoms with Crippen LogP contribution in [0.5, 0.6) is 0 Å². The molecule has 1 unspecified atom stereocenters. The molecular formula is C19H12ClNO2. The average molecular weight is 322 g/mol. The minimum absolute atomic E-state index is 0.416. The average Bonchev–Trinajstić information content (AvgIpc) is 2.61. The Balaban J connectivity index is 1.95. The monoisotopic (exact) mass is 321 g/mol. The maximum atomic E-state index is 11.5. The molecule has 3 aromatic rings. The highest BCUT2D eigenvalue weighted by atomic mass is 35.5. The van der Waals surface area contributed by atoms with Crippen LogP contribution in [0.3, 0.4) is 0 Å². The lowest BCUT2D eigenvalue weighted by molar-refractivity contribution is -0.114. The van der Waals surface area contributed by atoms with Crippen molar-refractivity contribution in [2.75, 3.05) is 0 Å². The molecule has 0 fully saturated rings.